The minimum Gasteiger partial charge on any atom is -0.350 e. The normalized spacial score (nSPS) is 22.0. The summed E-state index contributed by atoms with van der Waals surface area (Å²) in [6, 6.07) is 7.66. The number of fused-ring (bicyclic) bond motifs is 1. The third-order valence-electron chi connectivity index (χ3n) is 13.3. The Bertz CT molecular complexity index is 2220. The van der Waals surface area contributed by atoms with Crippen molar-refractivity contribution in [2.45, 2.75) is 167 Å². The maximum absolute atomic E-state index is 14.6. The van der Waals surface area contributed by atoms with Gasteiger partial charge in [-0.25, -0.2) is 0 Å². The molecule has 378 valence electrons. The van der Waals surface area contributed by atoms with Crippen molar-refractivity contribution in [1.82, 2.24) is 52.3 Å². The second kappa shape index (κ2) is 23.2. The summed E-state index contributed by atoms with van der Waals surface area (Å²) in [7, 11) is 3.29. The van der Waals surface area contributed by atoms with Crippen molar-refractivity contribution in [2.24, 2.45) is 5.41 Å². The molecular weight excluding hydrogens is 881 g/mol. The van der Waals surface area contributed by atoms with E-state index in [1.165, 1.54) is 15.9 Å². The second-order valence-corrected chi connectivity index (χ2v) is 21.0. The second-order valence-electron chi connectivity index (χ2n) is 21.0. The van der Waals surface area contributed by atoms with Crippen molar-refractivity contribution >= 4 is 47.3 Å². The molecule has 0 aromatic heterocycles. The van der Waals surface area contributed by atoms with Gasteiger partial charge in [-0.15, -0.1) is 0 Å². The number of carbonyl (C=O) groups is 8. The number of benzene rings is 2. The Balaban J connectivity index is 1.34. The molecule has 8 amide bonds. The molecule has 2 aromatic carbocycles. The summed E-state index contributed by atoms with van der Waals surface area (Å²) in [5.74, 6) is -3.39. The summed E-state index contributed by atoms with van der Waals surface area (Å²) >= 11 is 0. The molecule has 9 unspecified atom stereocenters. The molecule has 18 nitrogen and oxygen atoms in total. The molecule has 0 spiro atoms. The van der Waals surface area contributed by atoms with Gasteiger partial charge in [-0.2, -0.15) is 0 Å². The molecule has 0 saturated carbocycles. The van der Waals surface area contributed by atoms with Gasteiger partial charge < -0.3 is 52.3 Å². The van der Waals surface area contributed by atoms with Crippen LogP contribution in [0.4, 0.5) is 0 Å². The third kappa shape index (κ3) is 13.9. The van der Waals surface area contributed by atoms with Crippen molar-refractivity contribution in [3.63, 3.8) is 0 Å². The zero-order valence-corrected chi connectivity index (χ0v) is 42.3. The molecule has 5 rings (SSSR count). The first-order valence-corrected chi connectivity index (χ1v) is 24.4. The maximum Gasteiger partial charge on any atom is 0.251 e. The Morgan fingerprint density at radius 3 is 1.75 bits per heavy atom. The van der Waals surface area contributed by atoms with Crippen LogP contribution in [0.2, 0.25) is 0 Å². The van der Waals surface area contributed by atoms with Gasteiger partial charge in [0.1, 0.15) is 24.2 Å². The van der Waals surface area contributed by atoms with Crippen LogP contribution in [0.5, 0.6) is 0 Å². The van der Waals surface area contributed by atoms with Crippen LogP contribution < -0.4 is 42.5 Å². The molecule has 2 heterocycles. The number of carbonyl (C=O) groups excluding carboxylic acids is 8. The zero-order chi connectivity index (χ0) is 51.0. The number of rotatable bonds is 17. The first-order chi connectivity index (χ1) is 32.5. The third-order valence-corrected chi connectivity index (χ3v) is 13.3. The average molecular weight is 957 g/mol. The highest BCUT2D eigenvalue weighted by molar-refractivity contribution is 6.01. The van der Waals surface area contributed by atoms with Crippen LogP contribution in [0.25, 0.3) is 0 Å². The van der Waals surface area contributed by atoms with Crippen LogP contribution in [0.3, 0.4) is 0 Å². The van der Waals surface area contributed by atoms with E-state index in [9.17, 15) is 38.4 Å². The smallest absolute Gasteiger partial charge is 0.251 e. The monoisotopic (exact) mass is 957 g/mol. The molecular formula is C51H76N10O8. The summed E-state index contributed by atoms with van der Waals surface area (Å²) in [5, 5.41) is 23.6. The fourth-order valence-corrected chi connectivity index (χ4v) is 9.22. The lowest BCUT2D eigenvalue weighted by molar-refractivity contribution is -0.144. The fraction of sp³-hybridized carbons (Fsp3) is 0.608. The molecule has 2 aromatic rings. The van der Waals surface area contributed by atoms with Gasteiger partial charge in [0.15, 0.2) is 0 Å². The number of hydrogen-bond acceptors (Lipinski definition) is 10. The van der Waals surface area contributed by atoms with E-state index in [0.717, 1.165) is 30.4 Å². The molecule has 3 aliphatic rings. The number of hydrogen-bond donors (Lipinski definition) is 8. The molecule has 9 atom stereocenters. The van der Waals surface area contributed by atoms with E-state index in [0.29, 0.717) is 12.8 Å². The van der Waals surface area contributed by atoms with Gasteiger partial charge in [0, 0.05) is 41.8 Å². The van der Waals surface area contributed by atoms with Crippen molar-refractivity contribution in [1.29, 1.82) is 0 Å². The van der Waals surface area contributed by atoms with Crippen LogP contribution in [-0.2, 0) is 35.2 Å². The lowest BCUT2D eigenvalue weighted by atomic mass is 9.85. The summed E-state index contributed by atoms with van der Waals surface area (Å²) in [6.45, 7) is 16.3. The minimum absolute atomic E-state index is 0.00765. The molecule has 1 aliphatic carbocycles. The van der Waals surface area contributed by atoms with E-state index >= 15 is 0 Å². The van der Waals surface area contributed by atoms with E-state index in [-0.39, 0.29) is 66.7 Å². The molecule has 18 heteroatoms. The van der Waals surface area contributed by atoms with Gasteiger partial charge in [0.25, 0.3) is 11.8 Å². The van der Waals surface area contributed by atoms with E-state index in [4.69, 9.17) is 0 Å². The summed E-state index contributed by atoms with van der Waals surface area (Å²) < 4.78 is 0. The Morgan fingerprint density at radius 1 is 0.681 bits per heavy atom. The van der Waals surface area contributed by atoms with E-state index in [1.54, 1.807) is 46.1 Å². The minimum atomic E-state index is -0.991. The topological polar surface area (TPSA) is 239 Å². The standard InChI is InChI=1S/C51H76N10O8/c1-12-17-38(57-42(62)29(2)52-10)48(68)60-27-35(26-40(60)47(67)59-51(7,8)9)55-45(65)33-21-15-20-32(24-33)44(64)54-34-25-39(46(66)56-37-23-16-19-31-18-13-14-22-36(31)37)61(28-34)49(69)41(50(4,5)6)58-43(63)30(3)53-11/h13-15,18,20-22,24,29-30,34-35,37-41,52-53H,12,16-17,19,23,25-28H2,1-11H3,(H,54,64)(H,55,65)(H,56,66)(H,57,62)(H,58,63)(H,59,67). The first kappa shape index (κ1) is 54.1. The average Bonchev–Trinajstić information content (AvgIpc) is 3.93. The largest absolute Gasteiger partial charge is 0.350 e. The SMILES string of the molecule is CCCC(NC(=O)C(C)NC)C(=O)N1CC(NC(=O)c2cccc(C(=O)NC3CC(C(=O)NC4CCCc5ccccc54)N(C(=O)C(NC(=O)C(C)NC)C(C)(C)C)C3)c2)CC1C(=O)NC(C)(C)C. The molecule has 8 N–H and O–H groups in total. The zero-order valence-electron chi connectivity index (χ0n) is 42.3. The molecule has 69 heavy (non-hydrogen) atoms. The van der Waals surface area contributed by atoms with Crippen molar-refractivity contribution in [2.75, 3.05) is 27.2 Å². The molecule has 2 saturated heterocycles. The van der Waals surface area contributed by atoms with Crippen LogP contribution in [0, 0.1) is 5.41 Å². The van der Waals surface area contributed by atoms with Gasteiger partial charge in [0.2, 0.25) is 35.4 Å². The highest BCUT2D eigenvalue weighted by atomic mass is 16.2. The summed E-state index contributed by atoms with van der Waals surface area (Å²) in [6.07, 6.45) is 3.69. The summed E-state index contributed by atoms with van der Waals surface area (Å²) in [5.41, 5.74) is 1.17. The maximum atomic E-state index is 14.6. The highest BCUT2D eigenvalue weighted by Gasteiger charge is 2.47. The van der Waals surface area contributed by atoms with Gasteiger partial charge in [0.05, 0.1) is 18.1 Å². The quantitative estimate of drug-likeness (QED) is 0.115. The molecule has 0 bridgehead atoms. The number of aryl methyl sites for hydroxylation is 1. The summed E-state index contributed by atoms with van der Waals surface area (Å²) in [4.78, 5) is 114. The van der Waals surface area contributed by atoms with Gasteiger partial charge >= 0.3 is 0 Å². The van der Waals surface area contributed by atoms with E-state index in [1.807, 2.05) is 66.7 Å². The van der Waals surface area contributed by atoms with Crippen LogP contribution >= 0.6 is 0 Å². The number of nitrogens with zero attached hydrogens (tertiary/aromatic N) is 2. The number of amides is 8. The van der Waals surface area contributed by atoms with Gasteiger partial charge in [-0.05, 0) is 122 Å². The first-order valence-electron chi connectivity index (χ1n) is 24.4. The van der Waals surface area contributed by atoms with Crippen LogP contribution in [0.1, 0.15) is 139 Å². The van der Waals surface area contributed by atoms with E-state index in [2.05, 4.69) is 48.6 Å². The lowest BCUT2D eigenvalue weighted by Gasteiger charge is -2.36. The van der Waals surface area contributed by atoms with Gasteiger partial charge in [-0.1, -0.05) is 64.4 Å². The molecule has 0 radical (unpaired) electrons. The molecule has 2 fully saturated rings. The van der Waals surface area contributed by atoms with Crippen molar-refractivity contribution in [3.8, 4) is 0 Å². The molecule has 2 aliphatic heterocycles. The Labute approximate surface area is 407 Å². The lowest BCUT2D eigenvalue weighted by Crippen LogP contribution is -2.59. The Kier molecular flexibility index (Phi) is 18.1. The number of nitrogens with one attached hydrogen (secondary N) is 8. The highest BCUT2D eigenvalue weighted by Crippen LogP contribution is 2.32. The predicted octanol–water partition coefficient (Wildman–Crippen LogP) is 2.23. The van der Waals surface area contributed by atoms with Crippen molar-refractivity contribution in [3.05, 3.63) is 70.8 Å². The van der Waals surface area contributed by atoms with E-state index < -0.39 is 82.9 Å². The fourth-order valence-electron chi connectivity index (χ4n) is 9.22. The van der Waals surface area contributed by atoms with Gasteiger partial charge in [-0.3, -0.25) is 38.4 Å². The number of likely N-dealkylation sites (N-methyl/N-ethyl adjacent to an activating group) is 2. The number of likely N-dealkylation sites (tertiary alicyclic amines) is 2. The predicted molar refractivity (Wildman–Crippen MR) is 263 cm³/mol. The van der Waals surface area contributed by atoms with Crippen LogP contribution in [0.15, 0.2) is 48.5 Å². The van der Waals surface area contributed by atoms with Crippen molar-refractivity contribution < 1.29 is 38.4 Å². The Hall–Kier alpha value is -5.88. The Morgan fingerprint density at radius 2 is 1.22 bits per heavy atom. The van der Waals surface area contributed by atoms with Crippen LogP contribution in [-0.4, -0.2) is 138 Å².